The Morgan fingerprint density at radius 2 is 1.85 bits per heavy atom. The number of rotatable bonds is 6. The highest BCUT2D eigenvalue weighted by Crippen LogP contribution is 2.32. The molecule has 0 spiro atoms. The molecule has 0 aliphatic carbocycles. The van der Waals surface area contributed by atoms with Gasteiger partial charge < -0.3 is 14.4 Å². The lowest BCUT2D eigenvalue weighted by atomic mass is 10.0. The third-order valence-corrected chi connectivity index (χ3v) is 5.34. The van der Waals surface area contributed by atoms with Crippen molar-refractivity contribution in [3.63, 3.8) is 0 Å². The molecule has 2 aromatic carbocycles. The van der Waals surface area contributed by atoms with Gasteiger partial charge in [-0.1, -0.05) is 12.1 Å². The summed E-state index contributed by atoms with van der Waals surface area (Å²) in [4.78, 5) is 15.2. The van der Waals surface area contributed by atoms with Gasteiger partial charge in [-0.05, 0) is 62.4 Å². The second-order valence-corrected chi connectivity index (χ2v) is 7.02. The molecule has 1 fully saturated rings. The van der Waals surface area contributed by atoms with Gasteiger partial charge in [0.05, 0.1) is 19.8 Å². The van der Waals surface area contributed by atoms with Crippen LogP contribution in [0.25, 0.3) is 0 Å². The van der Waals surface area contributed by atoms with Gasteiger partial charge in [0.15, 0.2) is 0 Å². The third-order valence-electron chi connectivity index (χ3n) is 5.34. The molecule has 0 aromatic heterocycles. The molecule has 2 aromatic rings. The molecule has 1 aliphatic rings. The average Bonchev–Trinajstić information content (AvgIpc) is 3.06. The molecule has 0 N–H and O–H groups in total. The monoisotopic (exact) mass is 371 g/mol. The standard InChI is InChI=1S/C22H26FNO3/c1-15-4-10-18(11-7-16-5-8-17(23)9-6-16)24(15)22(25)20-13-12-19(26-2)14-21(20)27-3/h5-6,8-9,12-15,18H,4,7,10-11H2,1-3H3/t15-,18-/m1/s1. The minimum Gasteiger partial charge on any atom is -0.497 e. The lowest BCUT2D eigenvalue weighted by molar-refractivity contribution is 0.0669. The smallest absolute Gasteiger partial charge is 0.258 e. The Morgan fingerprint density at radius 3 is 2.52 bits per heavy atom. The van der Waals surface area contributed by atoms with Crippen molar-refractivity contribution in [1.29, 1.82) is 0 Å². The van der Waals surface area contributed by atoms with Crippen LogP contribution in [0.2, 0.25) is 0 Å². The fraction of sp³-hybridized carbons (Fsp3) is 0.409. The maximum Gasteiger partial charge on any atom is 0.258 e. The average molecular weight is 371 g/mol. The maximum atomic E-state index is 13.3. The summed E-state index contributed by atoms with van der Waals surface area (Å²) in [5.74, 6) is 0.946. The number of halogens is 1. The van der Waals surface area contributed by atoms with Gasteiger partial charge in [-0.3, -0.25) is 4.79 Å². The van der Waals surface area contributed by atoms with Crippen molar-refractivity contribution in [1.82, 2.24) is 4.90 Å². The fourth-order valence-electron chi connectivity index (χ4n) is 3.82. The topological polar surface area (TPSA) is 38.8 Å². The van der Waals surface area contributed by atoms with Gasteiger partial charge in [-0.2, -0.15) is 0 Å². The van der Waals surface area contributed by atoms with E-state index in [2.05, 4.69) is 6.92 Å². The third kappa shape index (κ3) is 4.24. The van der Waals surface area contributed by atoms with Crippen molar-refractivity contribution in [2.45, 2.75) is 44.7 Å². The van der Waals surface area contributed by atoms with E-state index in [1.54, 1.807) is 32.4 Å². The number of likely N-dealkylation sites (tertiary alicyclic amines) is 1. The molecule has 1 saturated heterocycles. The molecule has 2 atom stereocenters. The lowest BCUT2D eigenvalue weighted by Gasteiger charge is -2.29. The van der Waals surface area contributed by atoms with Crippen LogP contribution in [0, 0.1) is 5.82 Å². The van der Waals surface area contributed by atoms with E-state index in [-0.39, 0.29) is 23.8 Å². The molecule has 0 unspecified atom stereocenters. The van der Waals surface area contributed by atoms with Crippen LogP contribution in [0.3, 0.4) is 0 Å². The highest BCUT2D eigenvalue weighted by atomic mass is 19.1. The zero-order chi connectivity index (χ0) is 19.4. The maximum absolute atomic E-state index is 13.3. The van der Waals surface area contributed by atoms with Gasteiger partial charge in [0, 0.05) is 18.2 Å². The normalized spacial score (nSPS) is 19.2. The number of nitrogens with zero attached hydrogens (tertiary/aromatic N) is 1. The zero-order valence-corrected chi connectivity index (χ0v) is 16.1. The van der Waals surface area contributed by atoms with Crippen molar-refractivity contribution >= 4 is 5.91 Å². The molecule has 144 valence electrons. The van der Waals surface area contributed by atoms with Crippen molar-refractivity contribution in [2.75, 3.05) is 14.2 Å². The van der Waals surface area contributed by atoms with Crippen LogP contribution in [0.5, 0.6) is 11.5 Å². The highest BCUT2D eigenvalue weighted by Gasteiger charge is 2.35. The summed E-state index contributed by atoms with van der Waals surface area (Å²) in [6.07, 6.45) is 3.65. The molecule has 1 amide bonds. The molecule has 3 rings (SSSR count). The van der Waals surface area contributed by atoms with Crippen LogP contribution in [0.4, 0.5) is 4.39 Å². The van der Waals surface area contributed by atoms with E-state index >= 15 is 0 Å². The van der Waals surface area contributed by atoms with Crippen molar-refractivity contribution < 1.29 is 18.7 Å². The molecule has 0 radical (unpaired) electrons. The summed E-state index contributed by atoms with van der Waals surface area (Å²) in [5, 5.41) is 0. The van der Waals surface area contributed by atoms with E-state index in [0.29, 0.717) is 17.1 Å². The molecule has 5 heteroatoms. The first-order chi connectivity index (χ1) is 13.0. The van der Waals surface area contributed by atoms with E-state index in [4.69, 9.17) is 9.47 Å². The SMILES string of the molecule is COc1ccc(C(=O)N2[C@@H](CCc3ccc(F)cc3)CC[C@H]2C)c(OC)c1. The summed E-state index contributed by atoms with van der Waals surface area (Å²) in [6.45, 7) is 2.09. The van der Waals surface area contributed by atoms with E-state index in [1.807, 2.05) is 17.0 Å². The molecule has 1 heterocycles. The molecule has 1 aliphatic heterocycles. The van der Waals surface area contributed by atoms with Crippen molar-refractivity contribution in [3.8, 4) is 11.5 Å². The first-order valence-electron chi connectivity index (χ1n) is 9.32. The number of hydrogen-bond acceptors (Lipinski definition) is 3. The summed E-state index contributed by atoms with van der Waals surface area (Å²) in [6, 6.07) is 12.2. The fourth-order valence-corrected chi connectivity index (χ4v) is 3.82. The lowest BCUT2D eigenvalue weighted by Crippen LogP contribution is -2.40. The molecule has 27 heavy (non-hydrogen) atoms. The quantitative estimate of drug-likeness (QED) is 0.752. The number of benzene rings is 2. The zero-order valence-electron chi connectivity index (χ0n) is 16.1. The molecule has 0 saturated carbocycles. The van der Waals surface area contributed by atoms with Crippen LogP contribution < -0.4 is 9.47 Å². The number of amides is 1. The first-order valence-corrected chi connectivity index (χ1v) is 9.32. The molecule has 4 nitrogen and oxygen atoms in total. The molecular weight excluding hydrogens is 345 g/mol. The predicted molar refractivity (Wildman–Crippen MR) is 103 cm³/mol. The number of carbonyl (C=O) groups excluding carboxylic acids is 1. The van der Waals surface area contributed by atoms with Crippen molar-refractivity contribution in [3.05, 3.63) is 59.4 Å². The van der Waals surface area contributed by atoms with Gasteiger partial charge >= 0.3 is 0 Å². The Labute approximate surface area is 159 Å². The number of ether oxygens (including phenoxy) is 2. The van der Waals surface area contributed by atoms with Gasteiger partial charge in [0.2, 0.25) is 0 Å². The van der Waals surface area contributed by atoms with Gasteiger partial charge in [-0.15, -0.1) is 0 Å². The molecule has 0 bridgehead atoms. The second kappa shape index (κ2) is 8.42. The summed E-state index contributed by atoms with van der Waals surface area (Å²) in [5.41, 5.74) is 1.64. The van der Waals surface area contributed by atoms with Crippen LogP contribution in [0.15, 0.2) is 42.5 Å². The van der Waals surface area contributed by atoms with Crippen LogP contribution in [0.1, 0.15) is 42.1 Å². The van der Waals surface area contributed by atoms with E-state index in [9.17, 15) is 9.18 Å². The number of hydrogen-bond donors (Lipinski definition) is 0. The number of methoxy groups -OCH3 is 2. The minimum absolute atomic E-state index is 0.0105. The Balaban J connectivity index is 1.76. The predicted octanol–water partition coefficient (Wildman–Crippen LogP) is 4.47. The Morgan fingerprint density at radius 1 is 1.11 bits per heavy atom. The van der Waals surface area contributed by atoms with Crippen LogP contribution in [-0.4, -0.2) is 37.1 Å². The van der Waals surface area contributed by atoms with Crippen LogP contribution in [-0.2, 0) is 6.42 Å². The Hall–Kier alpha value is -2.56. The van der Waals surface area contributed by atoms with Crippen LogP contribution >= 0.6 is 0 Å². The Bertz CT molecular complexity index is 791. The van der Waals surface area contributed by atoms with E-state index < -0.39 is 0 Å². The second-order valence-electron chi connectivity index (χ2n) is 7.02. The van der Waals surface area contributed by atoms with Gasteiger partial charge in [0.25, 0.3) is 5.91 Å². The molecular formula is C22H26FNO3. The summed E-state index contributed by atoms with van der Waals surface area (Å²) < 4.78 is 23.7. The van der Waals surface area contributed by atoms with Gasteiger partial charge in [0.1, 0.15) is 17.3 Å². The summed E-state index contributed by atoms with van der Waals surface area (Å²) >= 11 is 0. The minimum atomic E-state index is -0.225. The van der Waals surface area contributed by atoms with E-state index in [1.165, 1.54) is 12.1 Å². The van der Waals surface area contributed by atoms with Gasteiger partial charge in [-0.25, -0.2) is 4.39 Å². The first kappa shape index (κ1) is 19.2. The summed E-state index contributed by atoms with van der Waals surface area (Å²) in [7, 11) is 3.15. The highest BCUT2D eigenvalue weighted by molar-refractivity contribution is 5.97. The number of aryl methyl sites for hydroxylation is 1. The van der Waals surface area contributed by atoms with Crippen molar-refractivity contribution in [2.24, 2.45) is 0 Å². The Kier molecular flexibility index (Phi) is 5.99. The van der Waals surface area contributed by atoms with E-state index in [0.717, 1.165) is 31.2 Å². The largest absolute Gasteiger partial charge is 0.497 e. The number of carbonyl (C=O) groups is 1.